The molecule has 6 nitrogen and oxygen atoms in total. The molecule has 2 N–H and O–H groups in total. The van der Waals surface area contributed by atoms with Crippen LogP contribution < -0.4 is 5.32 Å². The lowest BCUT2D eigenvalue weighted by atomic mass is 10.1. The van der Waals surface area contributed by atoms with Gasteiger partial charge in [0.05, 0.1) is 17.7 Å². The van der Waals surface area contributed by atoms with Gasteiger partial charge in [0.15, 0.2) is 0 Å². The fraction of sp³-hybridized carbons (Fsp3) is 0.357. The Balaban J connectivity index is 2.95. The van der Waals surface area contributed by atoms with Gasteiger partial charge in [-0.15, -0.1) is 0 Å². The molecule has 0 saturated heterocycles. The molecule has 112 valence electrons. The van der Waals surface area contributed by atoms with Crippen molar-refractivity contribution in [2.45, 2.75) is 13.8 Å². The second kappa shape index (κ2) is 7.24. The Hall–Kier alpha value is -2.62. The van der Waals surface area contributed by atoms with Crippen LogP contribution in [0.1, 0.15) is 24.2 Å². The number of halogens is 1. The van der Waals surface area contributed by atoms with Gasteiger partial charge in [0.1, 0.15) is 11.4 Å². The normalized spacial score (nSPS) is 11.3. The Kier molecular flexibility index (Phi) is 5.67. The SMILES string of the molecule is CCN(CC(C)C#N)C(=O)Nc1cccc(F)c1C(=O)O. The minimum atomic E-state index is -1.46. The van der Waals surface area contributed by atoms with Crippen LogP contribution in [0.3, 0.4) is 0 Å². The van der Waals surface area contributed by atoms with Crippen molar-refractivity contribution in [3.05, 3.63) is 29.6 Å². The van der Waals surface area contributed by atoms with Crippen molar-refractivity contribution in [2.24, 2.45) is 5.92 Å². The van der Waals surface area contributed by atoms with Crippen LogP contribution in [0.4, 0.5) is 14.9 Å². The second-order valence-corrected chi connectivity index (χ2v) is 4.47. The van der Waals surface area contributed by atoms with E-state index in [1.807, 2.05) is 6.07 Å². The molecule has 0 aromatic heterocycles. The molecule has 0 aliphatic rings. The highest BCUT2D eigenvalue weighted by molar-refractivity contribution is 6.00. The maximum atomic E-state index is 13.5. The number of carboxylic acid groups (broad SMARTS) is 1. The average molecular weight is 293 g/mol. The predicted octanol–water partition coefficient (Wildman–Crippen LogP) is 2.54. The number of carbonyl (C=O) groups is 2. The summed E-state index contributed by atoms with van der Waals surface area (Å²) in [6, 6.07) is 5.07. The number of rotatable bonds is 5. The van der Waals surface area contributed by atoms with Gasteiger partial charge in [-0.3, -0.25) is 0 Å². The van der Waals surface area contributed by atoms with Gasteiger partial charge in [0.25, 0.3) is 0 Å². The van der Waals surface area contributed by atoms with Gasteiger partial charge in [0.2, 0.25) is 0 Å². The minimum Gasteiger partial charge on any atom is -0.478 e. The Morgan fingerprint density at radius 1 is 1.52 bits per heavy atom. The summed E-state index contributed by atoms with van der Waals surface area (Å²) in [7, 11) is 0. The van der Waals surface area contributed by atoms with Gasteiger partial charge < -0.3 is 15.3 Å². The highest BCUT2D eigenvalue weighted by Gasteiger charge is 2.20. The first-order valence-corrected chi connectivity index (χ1v) is 6.38. The number of benzene rings is 1. The second-order valence-electron chi connectivity index (χ2n) is 4.47. The number of nitrogens with zero attached hydrogens (tertiary/aromatic N) is 2. The predicted molar refractivity (Wildman–Crippen MR) is 74.4 cm³/mol. The highest BCUT2D eigenvalue weighted by atomic mass is 19.1. The molecule has 0 spiro atoms. The number of aromatic carboxylic acids is 1. The number of carbonyl (C=O) groups excluding carboxylic acids is 1. The van der Waals surface area contributed by atoms with Crippen molar-refractivity contribution in [1.82, 2.24) is 4.90 Å². The van der Waals surface area contributed by atoms with E-state index in [9.17, 15) is 14.0 Å². The summed E-state index contributed by atoms with van der Waals surface area (Å²) in [5.41, 5.74) is -0.703. The first-order chi connectivity index (χ1) is 9.90. The van der Waals surface area contributed by atoms with E-state index in [1.54, 1.807) is 13.8 Å². The summed E-state index contributed by atoms with van der Waals surface area (Å²) >= 11 is 0. The van der Waals surface area contributed by atoms with Gasteiger partial charge in [-0.05, 0) is 26.0 Å². The Morgan fingerprint density at radius 3 is 2.71 bits per heavy atom. The Morgan fingerprint density at radius 2 is 2.19 bits per heavy atom. The van der Waals surface area contributed by atoms with E-state index >= 15 is 0 Å². The molecule has 0 saturated carbocycles. The summed E-state index contributed by atoms with van der Waals surface area (Å²) in [5.74, 6) is -2.74. The standard InChI is InChI=1S/C14H16FN3O3/c1-3-18(8-9(2)7-16)14(21)17-11-6-4-5-10(15)12(11)13(19)20/h4-6,9H,3,8H2,1-2H3,(H,17,21)(H,19,20). The molecule has 0 radical (unpaired) electrons. The van der Waals surface area contributed by atoms with Crippen LogP contribution in [0.5, 0.6) is 0 Å². The van der Waals surface area contributed by atoms with Gasteiger partial charge in [-0.25, -0.2) is 14.0 Å². The number of hydrogen-bond donors (Lipinski definition) is 2. The van der Waals surface area contributed by atoms with E-state index < -0.39 is 23.4 Å². The number of hydrogen-bond acceptors (Lipinski definition) is 3. The fourth-order valence-corrected chi connectivity index (χ4v) is 1.77. The van der Waals surface area contributed by atoms with Crippen LogP contribution >= 0.6 is 0 Å². The summed E-state index contributed by atoms with van der Waals surface area (Å²) in [6.07, 6.45) is 0. The van der Waals surface area contributed by atoms with Crippen molar-refractivity contribution < 1.29 is 19.1 Å². The minimum absolute atomic E-state index is 0.115. The van der Waals surface area contributed by atoms with E-state index in [2.05, 4.69) is 5.32 Å². The van der Waals surface area contributed by atoms with Gasteiger partial charge in [-0.2, -0.15) is 5.26 Å². The molecule has 0 aliphatic heterocycles. The number of nitrogens with one attached hydrogen (secondary N) is 1. The lowest BCUT2D eigenvalue weighted by Gasteiger charge is -2.22. The van der Waals surface area contributed by atoms with Crippen LogP contribution in [-0.2, 0) is 0 Å². The first-order valence-electron chi connectivity index (χ1n) is 6.38. The van der Waals surface area contributed by atoms with Crippen molar-refractivity contribution in [3.8, 4) is 6.07 Å². The van der Waals surface area contributed by atoms with Gasteiger partial charge >= 0.3 is 12.0 Å². The molecule has 1 rings (SSSR count). The van der Waals surface area contributed by atoms with Crippen molar-refractivity contribution in [3.63, 3.8) is 0 Å². The maximum Gasteiger partial charge on any atom is 0.340 e. The third-order valence-electron chi connectivity index (χ3n) is 2.85. The van der Waals surface area contributed by atoms with Crippen molar-refractivity contribution in [2.75, 3.05) is 18.4 Å². The monoisotopic (exact) mass is 293 g/mol. The molecule has 1 aromatic rings. The zero-order valence-corrected chi connectivity index (χ0v) is 11.8. The summed E-state index contributed by atoms with van der Waals surface area (Å²) in [5, 5.41) is 20.1. The quantitative estimate of drug-likeness (QED) is 0.872. The van der Waals surface area contributed by atoms with E-state index in [4.69, 9.17) is 10.4 Å². The topological polar surface area (TPSA) is 93.4 Å². The van der Waals surface area contributed by atoms with Crippen molar-refractivity contribution in [1.29, 1.82) is 5.26 Å². The lowest BCUT2D eigenvalue weighted by molar-refractivity contribution is 0.0693. The molecular weight excluding hydrogens is 277 g/mol. The molecule has 2 amide bonds. The summed E-state index contributed by atoms with van der Waals surface area (Å²) in [4.78, 5) is 24.5. The molecule has 1 aromatic carbocycles. The van der Waals surface area contributed by atoms with Crippen LogP contribution in [0.25, 0.3) is 0 Å². The molecule has 1 unspecified atom stereocenters. The largest absolute Gasteiger partial charge is 0.478 e. The highest BCUT2D eigenvalue weighted by Crippen LogP contribution is 2.19. The number of nitriles is 1. The number of carboxylic acids is 1. The first kappa shape index (κ1) is 16.4. The fourth-order valence-electron chi connectivity index (χ4n) is 1.77. The Bertz CT molecular complexity index is 583. The number of urea groups is 1. The van der Waals surface area contributed by atoms with Crippen LogP contribution in [-0.4, -0.2) is 35.1 Å². The van der Waals surface area contributed by atoms with Crippen molar-refractivity contribution >= 4 is 17.7 Å². The number of amides is 2. The zero-order valence-electron chi connectivity index (χ0n) is 11.8. The molecule has 0 fully saturated rings. The molecule has 1 atom stereocenters. The Labute approximate surface area is 121 Å². The van der Waals surface area contributed by atoms with Crippen LogP contribution in [0.15, 0.2) is 18.2 Å². The molecule has 0 bridgehead atoms. The van der Waals surface area contributed by atoms with E-state index in [0.29, 0.717) is 6.54 Å². The van der Waals surface area contributed by atoms with E-state index in [-0.39, 0.29) is 18.2 Å². The molecule has 0 aliphatic carbocycles. The average Bonchev–Trinajstić information content (AvgIpc) is 2.43. The molecular formula is C14H16FN3O3. The summed E-state index contributed by atoms with van der Waals surface area (Å²) < 4.78 is 13.5. The van der Waals surface area contributed by atoms with Gasteiger partial charge in [0, 0.05) is 13.1 Å². The maximum absolute atomic E-state index is 13.5. The van der Waals surface area contributed by atoms with E-state index in [0.717, 1.165) is 6.07 Å². The van der Waals surface area contributed by atoms with E-state index in [1.165, 1.54) is 17.0 Å². The van der Waals surface area contributed by atoms with Gasteiger partial charge in [-0.1, -0.05) is 6.07 Å². The molecule has 7 heteroatoms. The third kappa shape index (κ3) is 4.18. The smallest absolute Gasteiger partial charge is 0.340 e. The van der Waals surface area contributed by atoms with Crippen LogP contribution in [0.2, 0.25) is 0 Å². The lowest BCUT2D eigenvalue weighted by Crippen LogP contribution is -2.38. The molecule has 21 heavy (non-hydrogen) atoms. The zero-order chi connectivity index (χ0) is 16.0. The number of anilines is 1. The molecule has 0 heterocycles. The summed E-state index contributed by atoms with van der Waals surface area (Å²) in [6.45, 7) is 3.94. The third-order valence-corrected chi connectivity index (χ3v) is 2.85. The van der Waals surface area contributed by atoms with Crippen LogP contribution in [0, 0.1) is 23.1 Å².